The Morgan fingerprint density at radius 2 is 1.64 bits per heavy atom. The Morgan fingerprint density at radius 3 is 2.32 bits per heavy atom. The van der Waals surface area contributed by atoms with Crippen LogP contribution in [0.2, 0.25) is 0 Å². The summed E-state index contributed by atoms with van der Waals surface area (Å²) in [6, 6.07) is 7.43. The Bertz CT molecular complexity index is 628. The van der Waals surface area contributed by atoms with Gasteiger partial charge in [0.05, 0.1) is 18.4 Å². The smallest absolute Gasteiger partial charge is 0.233 e. The van der Waals surface area contributed by atoms with Crippen molar-refractivity contribution >= 4 is 11.8 Å². The van der Waals surface area contributed by atoms with Crippen molar-refractivity contribution in [1.82, 2.24) is 4.90 Å². The van der Waals surface area contributed by atoms with Crippen LogP contribution >= 0.6 is 0 Å². The Labute approximate surface area is 128 Å². The summed E-state index contributed by atoms with van der Waals surface area (Å²) in [4.78, 5) is 26.3. The molecule has 0 N–H and O–H groups in total. The van der Waals surface area contributed by atoms with Gasteiger partial charge >= 0.3 is 0 Å². The fraction of sp³-hybridized carbons (Fsp3) is 0.412. The van der Waals surface area contributed by atoms with E-state index in [1.807, 2.05) is 36.4 Å². The summed E-state index contributed by atoms with van der Waals surface area (Å²) in [6.07, 6.45) is 5.00. The third kappa shape index (κ3) is 2.08. The lowest BCUT2D eigenvalue weighted by Crippen LogP contribution is -2.44. The van der Waals surface area contributed by atoms with Crippen LogP contribution in [0.5, 0.6) is 11.5 Å². The van der Waals surface area contributed by atoms with Gasteiger partial charge in [-0.25, -0.2) is 0 Å². The first kappa shape index (κ1) is 13.4. The van der Waals surface area contributed by atoms with E-state index in [1.165, 1.54) is 4.90 Å². The average molecular weight is 299 g/mol. The molecule has 0 saturated carbocycles. The molecule has 0 radical (unpaired) electrons. The van der Waals surface area contributed by atoms with E-state index in [0.717, 1.165) is 0 Å². The number of hydrogen-bond acceptors (Lipinski definition) is 4. The molecular formula is C17H17NO4. The van der Waals surface area contributed by atoms with Gasteiger partial charge in [-0.1, -0.05) is 24.3 Å². The number of nitrogens with zero attached hydrogens (tertiary/aromatic N) is 1. The zero-order valence-electron chi connectivity index (χ0n) is 12.1. The summed E-state index contributed by atoms with van der Waals surface area (Å²) in [5.41, 5.74) is 0. The zero-order chi connectivity index (χ0) is 15.1. The molecule has 1 aliphatic carbocycles. The van der Waals surface area contributed by atoms with Gasteiger partial charge in [0.2, 0.25) is 11.8 Å². The summed E-state index contributed by atoms with van der Waals surface area (Å²) in [5, 5.41) is 0. The minimum Gasteiger partial charge on any atom is -0.486 e. The van der Waals surface area contributed by atoms with E-state index < -0.39 is 0 Å². The summed E-state index contributed by atoms with van der Waals surface area (Å²) in [5.74, 6) is 0.861. The second kappa shape index (κ2) is 5.16. The normalized spacial score (nSPS) is 29.6. The number of imide groups is 1. The van der Waals surface area contributed by atoms with E-state index >= 15 is 0 Å². The summed E-state index contributed by atoms with van der Waals surface area (Å²) in [6.45, 7) is 0.612. The van der Waals surface area contributed by atoms with E-state index in [4.69, 9.17) is 9.47 Å². The van der Waals surface area contributed by atoms with E-state index in [-0.39, 0.29) is 36.3 Å². The van der Waals surface area contributed by atoms with Crippen LogP contribution in [-0.2, 0) is 9.59 Å². The van der Waals surface area contributed by atoms with Crippen LogP contribution in [0.4, 0.5) is 0 Å². The first-order chi connectivity index (χ1) is 10.7. The average Bonchev–Trinajstić information content (AvgIpc) is 2.80. The molecule has 114 valence electrons. The van der Waals surface area contributed by atoms with Gasteiger partial charge in [0, 0.05) is 0 Å². The Kier molecular flexibility index (Phi) is 3.13. The second-order valence-corrected chi connectivity index (χ2v) is 5.94. The number of carbonyl (C=O) groups is 2. The zero-order valence-corrected chi connectivity index (χ0v) is 12.1. The molecule has 1 aromatic carbocycles. The third-order valence-corrected chi connectivity index (χ3v) is 4.55. The van der Waals surface area contributed by atoms with Gasteiger partial charge in [0.25, 0.3) is 0 Å². The first-order valence-corrected chi connectivity index (χ1v) is 7.63. The number of amides is 2. The highest BCUT2D eigenvalue weighted by Crippen LogP contribution is 2.36. The molecule has 3 atom stereocenters. The lowest BCUT2D eigenvalue weighted by molar-refractivity contribution is -0.141. The summed E-state index contributed by atoms with van der Waals surface area (Å²) in [7, 11) is 0. The number of allylic oxidation sites excluding steroid dienone is 2. The van der Waals surface area contributed by atoms with E-state index in [0.29, 0.717) is 30.9 Å². The molecule has 1 aromatic rings. The van der Waals surface area contributed by atoms with E-state index in [9.17, 15) is 9.59 Å². The van der Waals surface area contributed by atoms with Gasteiger partial charge in [-0.2, -0.15) is 0 Å². The summed E-state index contributed by atoms with van der Waals surface area (Å²) < 4.78 is 11.5. The number of ether oxygens (including phenoxy) is 2. The van der Waals surface area contributed by atoms with Gasteiger partial charge in [-0.05, 0) is 25.0 Å². The largest absolute Gasteiger partial charge is 0.486 e. The van der Waals surface area contributed by atoms with Crippen LogP contribution in [0.15, 0.2) is 36.4 Å². The first-order valence-electron chi connectivity index (χ1n) is 7.63. The molecule has 22 heavy (non-hydrogen) atoms. The number of likely N-dealkylation sites (tertiary alicyclic amines) is 1. The van der Waals surface area contributed by atoms with Crippen molar-refractivity contribution < 1.29 is 19.1 Å². The van der Waals surface area contributed by atoms with Gasteiger partial charge in [-0.3, -0.25) is 14.5 Å². The van der Waals surface area contributed by atoms with Crippen molar-refractivity contribution in [2.45, 2.75) is 18.9 Å². The van der Waals surface area contributed by atoms with Crippen molar-refractivity contribution in [2.24, 2.45) is 11.8 Å². The predicted octanol–water partition coefficient (Wildman–Crippen LogP) is 1.78. The third-order valence-electron chi connectivity index (χ3n) is 4.55. The highest BCUT2D eigenvalue weighted by molar-refractivity contribution is 6.05. The van der Waals surface area contributed by atoms with Crippen LogP contribution in [0, 0.1) is 11.8 Å². The maximum Gasteiger partial charge on any atom is 0.233 e. The minimum atomic E-state index is -0.309. The number of carbonyl (C=O) groups excluding carboxylic acids is 2. The maximum atomic E-state index is 12.4. The van der Waals surface area contributed by atoms with Crippen LogP contribution in [-0.4, -0.2) is 36.0 Å². The molecule has 0 unspecified atom stereocenters. The Morgan fingerprint density at radius 1 is 1.00 bits per heavy atom. The van der Waals surface area contributed by atoms with Gasteiger partial charge in [0.1, 0.15) is 6.61 Å². The van der Waals surface area contributed by atoms with Gasteiger partial charge < -0.3 is 9.47 Å². The van der Waals surface area contributed by atoms with Gasteiger partial charge in [0.15, 0.2) is 17.6 Å². The van der Waals surface area contributed by atoms with Crippen molar-refractivity contribution in [3.8, 4) is 11.5 Å². The Balaban J connectivity index is 1.48. The monoisotopic (exact) mass is 299 g/mol. The molecule has 3 aliphatic rings. The van der Waals surface area contributed by atoms with Crippen LogP contribution in [0.3, 0.4) is 0 Å². The van der Waals surface area contributed by atoms with Crippen molar-refractivity contribution in [2.75, 3.05) is 13.2 Å². The molecule has 0 bridgehead atoms. The van der Waals surface area contributed by atoms with Crippen molar-refractivity contribution in [3.05, 3.63) is 36.4 Å². The standard InChI is InChI=1S/C17H17NO4/c19-16-12-5-1-2-6-13(12)17(20)18(16)9-11-10-21-14-7-3-4-8-15(14)22-11/h1-4,7-8,11-13H,5-6,9-10H2/t11-,12-,13+/m0/s1. The molecule has 5 heteroatoms. The van der Waals surface area contributed by atoms with E-state index in [1.54, 1.807) is 0 Å². The minimum absolute atomic E-state index is 0.0678. The summed E-state index contributed by atoms with van der Waals surface area (Å²) >= 11 is 0. The van der Waals surface area contributed by atoms with Crippen LogP contribution in [0.25, 0.3) is 0 Å². The number of hydrogen-bond donors (Lipinski definition) is 0. The quantitative estimate of drug-likeness (QED) is 0.617. The number of para-hydroxylation sites is 2. The molecule has 1 fully saturated rings. The lowest BCUT2D eigenvalue weighted by atomic mass is 9.85. The fourth-order valence-corrected chi connectivity index (χ4v) is 3.41. The molecule has 4 rings (SSSR count). The molecule has 1 saturated heterocycles. The molecule has 2 heterocycles. The second-order valence-electron chi connectivity index (χ2n) is 5.94. The highest BCUT2D eigenvalue weighted by Gasteiger charge is 2.48. The predicted molar refractivity (Wildman–Crippen MR) is 78.4 cm³/mol. The van der Waals surface area contributed by atoms with Crippen LogP contribution in [0.1, 0.15) is 12.8 Å². The highest BCUT2D eigenvalue weighted by atomic mass is 16.6. The molecule has 5 nitrogen and oxygen atoms in total. The molecule has 2 amide bonds. The molecule has 0 spiro atoms. The lowest BCUT2D eigenvalue weighted by Gasteiger charge is -2.29. The topological polar surface area (TPSA) is 55.8 Å². The molecule has 2 aliphatic heterocycles. The SMILES string of the molecule is O=C1[C@H]2CC=CC[C@H]2C(=O)N1C[C@H]1COc2ccccc2O1. The number of benzene rings is 1. The maximum absolute atomic E-state index is 12.4. The molecular weight excluding hydrogens is 282 g/mol. The fourth-order valence-electron chi connectivity index (χ4n) is 3.41. The van der Waals surface area contributed by atoms with Gasteiger partial charge in [-0.15, -0.1) is 0 Å². The number of rotatable bonds is 2. The Hall–Kier alpha value is -2.30. The van der Waals surface area contributed by atoms with Crippen LogP contribution < -0.4 is 9.47 Å². The van der Waals surface area contributed by atoms with Crippen molar-refractivity contribution in [3.63, 3.8) is 0 Å². The van der Waals surface area contributed by atoms with E-state index in [2.05, 4.69) is 0 Å². The van der Waals surface area contributed by atoms with Crippen molar-refractivity contribution in [1.29, 1.82) is 0 Å². The number of fused-ring (bicyclic) bond motifs is 2. The molecule has 0 aromatic heterocycles.